The van der Waals surface area contributed by atoms with Crippen LogP contribution in [0.1, 0.15) is 16.8 Å². The van der Waals surface area contributed by atoms with Crippen LogP contribution in [0, 0.1) is 10.1 Å². The lowest BCUT2D eigenvalue weighted by Crippen LogP contribution is -2.39. The van der Waals surface area contributed by atoms with Crippen molar-refractivity contribution in [2.75, 3.05) is 7.11 Å². The Morgan fingerprint density at radius 2 is 1.71 bits per heavy atom. The smallest absolute Gasteiger partial charge is 0.357 e. The average molecular weight is 423 g/mol. The summed E-state index contributed by atoms with van der Waals surface area (Å²) >= 11 is 0. The number of benzene rings is 2. The summed E-state index contributed by atoms with van der Waals surface area (Å²) in [6.07, 6.45) is 2.92. The van der Waals surface area contributed by atoms with Crippen LogP contribution in [0.3, 0.4) is 0 Å². The van der Waals surface area contributed by atoms with E-state index in [4.69, 9.17) is 9.47 Å². The van der Waals surface area contributed by atoms with Crippen molar-refractivity contribution in [2.45, 2.75) is 6.61 Å². The van der Waals surface area contributed by atoms with Crippen molar-refractivity contribution in [2.24, 2.45) is 14.1 Å². The number of methoxy groups -OCH3 is 1. The van der Waals surface area contributed by atoms with Gasteiger partial charge < -0.3 is 9.47 Å². The van der Waals surface area contributed by atoms with Gasteiger partial charge in [-0.3, -0.25) is 24.0 Å². The molecule has 0 N–H and O–H groups in total. The monoisotopic (exact) mass is 423 g/mol. The van der Waals surface area contributed by atoms with E-state index in [1.165, 1.54) is 27.3 Å². The average Bonchev–Trinajstić information content (AvgIpc) is 2.78. The van der Waals surface area contributed by atoms with E-state index in [-0.39, 0.29) is 5.69 Å². The highest BCUT2D eigenvalue weighted by molar-refractivity contribution is 5.73. The third-order valence-electron chi connectivity index (χ3n) is 4.73. The molecule has 0 spiro atoms. The Bertz CT molecular complexity index is 1260. The van der Waals surface area contributed by atoms with E-state index in [1.807, 2.05) is 30.3 Å². The minimum absolute atomic E-state index is 0.0959. The molecule has 160 valence electrons. The maximum atomic E-state index is 12.2. The van der Waals surface area contributed by atoms with Gasteiger partial charge in [0.2, 0.25) is 0 Å². The van der Waals surface area contributed by atoms with Crippen molar-refractivity contribution in [1.29, 1.82) is 0 Å². The standard InChI is InChI=1S/C22H21N3O6/c1-23-17(20(25(28)29)21(26)24(2)22(23)27)11-9-15-10-12-18(19(13-15)30-3)31-14-16-7-5-4-6-8-16/h4-13H,14H2,1-3H3. The van der Waals surface area contributed by atoms with Crippen LogP contribution in [0.5, 0.6) is 11.5 Å². The zero-order valence-electron chi connectivity index (χ0n) is 17.3. The Morgan fingerprint density at radius 1 is 1.00 bits per heavy atom. The first-order valence-electron chi connectivity index (χ1n) is 9.30. The lowest BCUT2D eigenvalue weighted by molar-refractivity contribution is -0.387. The van der Waals surface area contributed by atoms with Gasteiger partial charge in [-0.25, -0.2) is 4.79 Å². The van der Waals surface area contributed by atoms with Crippen LogP contribution in [-0.4, -0.2) is 21.2 Å². The van der Waals surface area contributed by atoms with Gasteiger partial charge in [-0.2, -0.15) is 0 Å². The summed E-state index contributed by atoms with van der Waals surface area (Å²) in [4.78, 5) is 35.0. The fourth-order valence-corrected chi connectivity index (χ4v) is 3.02. The second-order valence-electron chi connectivity index (χ2n) is 6.71. The fourth-order valence-electron chi connectivity index (χ4n) is 3.02. The molecule has 0 fully saturated rings. The van der Waals surface area contributed by atoms with E-state index < -0.39 is 21.9 Å². The summed E-state index contributed by atoms with van der Waals surface area (Å²) in [6.45, 7) is 0.369. The van der Waals surface area contributed by atoms with Crippen molar-refractivity contribution in [3.05, 3.63) is 96.3 Å². The molecule has 0 amide bonds. The Hall–Kier alpha value is -4.14. The van der Waals surface area contributed by atoms with Crippen molar-refractivity contribution in [1.82, 2.24) is 9.13 Å². The van der Waals surface area contributed by atoms with Gasteiger partial charge in [-0.05, 0) is 29.3 Å². The predicted molar refractivity (Wildman–Crippen MR) is 116 cm³/mol. The molecule has 0 saturated heterocycles. The van der Waals surface area contributed by atoms with E-state index in [2.05, 4.69) is 0 Å². The maximum absolute atomic E-state index is 12.2. The SMILES string of the molecule is COc1cc(C=Cc2c([N+](=O)[O-])c(=O)n(C)c(=O)n2C)ccc1OCc1ccccc1. The fraction of sp³-hybridized carbons (Fsp3) is 0.182. The van der Waals surface area contributed by atoms with Gasteiger partial charge in [0.05, 0.1) is 12.0 Å². The summed E-state index contributed by atoms with van der Waals surface area (Å²) < 4.78 is 13.0. The largest absolute Gasteiger partial charge is 0.493 e. The first kappa shape index (κ1) is 21.6. The van der Waals surface area contributed by atoms with Gasteiger partial charge in [-0.15, -0.1) is 0 Å². The van der Waals surface area contributed by atoms with Gasteiger partial charge in [-0.1, -0.05) is 42.5 Å². The highest BCUT2D eigenvalue weighted by Gasteiger charge is 2.23. The molecule has 2 aromatic carbocycles. The van der Waals surface area contributed by atoms with Gasteiger partial charge in [0, 0.05) is 14.1 Å². The summed E-state index contributed by atoms with van der Waals surface area (Å²) in [6, 6.07) is 14.8. The van der Waals surface area contributed by atoms with Crippen LogP contribution in [0.25, 0.3) is 12.2 Å². The number of hydrogen-bond acceptors (Lipinski definition) is 6. The highest BCUT2D eigenvalue weighted by Crippen LogP contribution is 2.29. The summed E-state index contributed by atoms with van der Waals surface area (Å²) in [5.41, 5.74) is -0.733. The number of nitro groups is 1. The van der Waals surface area contributed by atoms with Crippen LogP contribution >= 0.6 is 0 Å². The van der Waals surface area contributed by atoms with Crippen molar-refractivity contribution < 1.29 is 14.4 Å². The van der Waals surface area contributed by atoms with Crippen LogP contribution in [0.15, 0.2) is 58.1 Å². The molecule has 0 atom stereocenters. The second kappa shape index (κ2) is 9.12. The van der Waals surface area contributed by atoms with Gasteiger partial charge in [0.25, 0.3) is 0 Å². The number of aromatic nitrogens is 2. The van der Waals surface area contributed by atoms with Gasteiger partial charge in [0.15, 0.2) is 11.5 Å². The first-order chi connectivity index (χ1) is 14.8. The molecule has 1 heterocycles. The van der Waals surface area contributed by atoms with Gasteiger partial charge >= 0.3 is 16.9 Å². The Morgan fingerprint density at radius 3 is 2.35 bits per heavy atom. The molecule has 0 aliphatic heterocycles. The first-order valence-corrected chi connectivity index (χ1v) is 9.30. The molecule has 1 aromatic heterocycles. The number of hydrogen-bond donors (Lipinski definition) is 0. The topological polar surface area (TPSA) is 106 Å². The van der Waals surface area contributed by atoms with Crippen LogP contribution in [-0.2, 0) is 20.7 Å². The molecule has 0 radical (unpaired) electrons. The molecule has 0 unspecified atom stereocenters. The minimum atomic E-state index is -0.963. The van der Waals surface area contributed by atoms with Crippen LogP contribution in [0.4, 0.5) is 5.69 Å². The van der Waals surface area contributed by atoms with E-state index in [9.17, 15) is 19.7 Å². The van der Waals surface area contributed by atoms with Crippen LogP contribution in [0.2, 0.25) is 0 Å². The summed E-state index contributed by atoms with van der Waals surface area (Å²) in [7, 11) is 4.08. The number of nitrogens with zero attached hydrogens (tertiary/aromatic N) is 3. The Balaban J connectivity index is 1.92. The van der Waals surface area contributed by atoms with Crippen molar-refractivity contribution >= 4 is 17.8 Å². The molecule has 9 nitrogen and oxygen atoms in total. The minimum Gasteiger partial charge on any atom is -0.493 e. The lowest BCUT2D eigenvalue weighted by atomic mass is 10.1. The molecule has 0 aliphatic rings. The Kier molecular flexibility index (Phi) is 6.35. The third kappa shape index (κ3) is 4.55. The summed E-state index contributed by atoms with van der Waals surface area (Å²) in [5, 5.41) is 11.4. The van der Waals surface area contributed by atoms with Crippen molar-refractivity contribution in [3.63, 3.8) is 0 Å². The normalized spacial score (nSPS) is 10.9. The van der Waals surface area contributed by atoms with Crippen LogP contribution < -0.4 is 20.7 Å². The molecule has 3 rings (SSSR count). The van der Waals surface area contributed by atoms with E-state index in [1.54, 1.807) is 24.3 Å². The van der Waals surface area contributed by atoms with E-state index in [0.717, 1.165) is 10.1 Å². The summed E-state index contributed by atoms with van der Waals surface area (Å²) in [5.74, 6) is 1.01. The number of rotatable bonds is 7. The molecule has 3 aromatic rings. The Labute approximate surface area is 177 Å². The molecule has 0 aliphatic carbocycles. The molecule has 9 heteroatoms. The number of ether oxygens (including phenoxy) is 2. The zero-order chi connectivity index (χ0) is 22.5. The zero-order valence-corrected chi connectivity index (χ0v) is 17.3. The second-order valence-corrected chi connectivity index (χ2v) is 6.71. The molecule has 31 heavy (non-hydrogen) atoms. The van der Waals surface area contributed by atoms with Crippen molar-refractivity contribution in [3.8, 4) is 11.5 Å². The molecule has 0 bridgehead atoms. The third-order valence-corrected chi connectivity index (χ3v) is 4.73. The van der Waals surface area contributed by atoms with E-state index in [0.29, 0.717) is 28.2 Å². The van der Waals surface area contributed by atoms with Gasteiger partial charge in [0.1, 0.15) is 12.3 Å². The quantitative estimate of drug-likeness (QED) is 0.427. The highest BCUT2D eigenvalue weighted by atomic mass is 16.6. The lowest BCUT2D eigenvalue weighted by Gasteiger charge is -2.11. The molecular weight excluding hydrogens is 402 g/mol. The molecular formula is C22H21N3O6. The van der Waals surface area contributed by atoms with E-state index >= 15 is 0 Å². The maximum Gasteiger partial charge on any atom is 0.357 e. The molecule has 0 saturated carbocycles. The predicted octanol–water partition coefficient (Wildman–Crippen LogP) is 2.75.